The van der Waals surface area contributed by atoms with Crippen molar-refractivity contribution in [2.45, 2.75) is 52.4 Å². The predicted octanol–water partition coefficient (Wildman–Crippen LogP) is 3.78. The van der Waals surface area contributed by atoms with Gasteiger partial charge in [0.05, 0.1) is 5.01 Å². The van der Waals surface area contributed by atoms with Gasteiger partial charge < -0.3 is 0 Å². The van der Waals surface area contributed by atoms with Gasteiger partial charge in [-0.1, -0.05) is 34.1 Å². The highest BCUT2D eigenvalue weighted by Gasteiger charge is 2.17. The fourth-order valence-electron chi connectivity index (χ4n) is 1.12. The molecule has 0 unspecified atom stereocenters. The summed E-state index contributed by atoms with van der Waals surface area (Å²) in [6.07, 6.45) is 5.79. The summed E-state index contributed by atoms with van der Waals surface area (Å²) in [5, 5.41) is 1.26. The monoisotopic (exact) mass is 197 g/mol. The maximum atomic E-state index is 4.46. The van der Waals surface area contributed by atoms with Crippen molar-refractivity contribution >= 4 is 11.3 Å². The van der Waals surface area contributed by atoms with Crippen LogP contribution in [-0.2, 0) is 11.8 Å². The second-order valence-corrected chi connectivity index (χ2v) is 5.60. The number of hydrogen-bond acceptors (Lipinski definition) is 2. The minimum atomic E-state index is 0.217. The van der Waals surface area contributed by atoms with Gasteiger partial charge >= 0.3 is 0 Å². The summed E-state index contributed by atoms with van der Waals surface area (Å²) in [5.74, 6) is 0. The van der Waals surface area contributed by atoms with Crippen LogP contribution < -0.4 is 0 Å². The van der Waals surface area contributed by atoms with E-state index >= 15 is 0 Å². The van der Waals surface area contributed by atoms with Gasteiger partial charge in [0.2, 0.25) is 0 Å². The second-order valence-electron chi connectivity index (χ2n) is 4.49. The number of unbranched alkanes of at least 4 members (excludes halogenated alkanes) is 1. The number of hydrogen-bond donors (Lipinski definition) is 0. The minimum absolute atomic E-state index is 0.217. The maximum Gasteiger partial charge on any atom is 0.0981 e. The summed E-state index contributed by atoms with van der Waals surface area (Å²) in [5.41, 5.74) is 0.217. The van der Waals surface area contributed by atoms with Crippen LogP contribution in [0, 0.1) is 0 Å². The van der Waals surface area contributed by atoms with Crippen LogP contribution >= 0.6 is 11.3 Å². The van der Waals surface area contributed by atoms with Crippen molar-refractivity contribution < 1.29 is 0 Å². The topological polar surface area (TPSA) is 12.9 Å². The van der Waals surface area contributed by atoms with Crippen molar-refractivity contribution in [1.29, 1.82) is 0 Å². The molecule has 13 heavy (non-hydrogen) atoms. The molecular formula is C11H19NS. The van der Waals surface area contributed by atoms with Crippen LogP contribution in [0.1, 0.15) is 50.4 Å². The molecule has 0 aliphatic heterocycles. The van der Waals surface area contributed by atoms with Gasteiger partial charge in [0.1, 0.15) is 0 Å². The number of thiazole rings is 1. The zero-order valence-electron chi connectivity index (χ0n) is 9.05. The Kier molecular flexibility index (Phi) is 3.48. The summed E-state index contributed by atoms with van der Waals surface area (Å²) in [4.78, 5) is 5.90. The van der Waals surface area contributed by atoms with Crippen LogP contribution in [0.5, 0.6) is 0 Å². The van der Waals surface area contributed by atoms with Crippen LogP contribution in [0.2, 0.25) is 0 Å². The molecule has 0 saturated heterocycles. The number of aromatic nitrogens is 1. The molecule has 0 aliphatic carbocycles. The third-order valence-electron chi connectivity index (χ3n) is 1.97. The Morgan fingerprint density at radius 3 is 2.54 bits per heavy atom. The number of aryl methyl sites for hydroxylation is 1. The molecule has 1 aromatic heterocycles. The SMILES string of the molecule is CCCCc1cnc(C(C)(C)C)s1. The zero-order chi connectivity index (χ0) is 9.90. The molecule has 1 aromatic rings. The van der Waals surface area contributed by atoms with E-state index in [1.807, 2.05) is 17.5 Å². The molecule has 1 nitrogen and oxygen atoms in total. The first kappa shape index (κ1) is 10.7. The van der Waals surface area contributed by atoms with Crippen molar-refractivity contribution in [2.24, 2.45) is 0 Å². The van der Waals surface area contributed by atoms with E-state index in [1.54, 1.807) is 0 Å². The lowest BCUT2D eigenvalue weighted by molar-refractivity contribution is 0.585. The molecule has 0 N–H and O–H groups in total. The van der Waals surface area contributed by atoms with E-state index in [9.17, 15) is 0 Å². The van der Waals surface area contributed by atoms with E-state index in [4.69, 9.17) is 0 Å². The van der Waals surface area contributed by atoms with Gasteiger partial charge in [-0.25, -0.2) is 4.98 Å². The summed E-state index contributed by atoms with van der Waals surface area (Å²) in [6, 6.07) is 0. The molecule has 0 bridgehead atoms. The zero-order valence-corrected chi connectivity index (χ0v) is 9.87. The lowest BCUT2D eigenvalue weighted by Crippen LogP contribution is -2.09. The van der Waals surface area contributed by atoms with Gasteiger partial charge in [-0.15, -0.1) is 11.3 Å². The highest BCUT2D eigenvalue weighted by Crippen LogP contribution is 2.27. The summed E-state index contributed by atoms with van der Waals surface area (Å²) < 4.78 is 0. The molecule has 0 amide bonds. The van der Waals surface area contributed by atoms with Crippen LogP contribution in [0.15, 0.2) is 6.20 Å². The highest BCUT2D eigenvalue weighted by molar-refractivity contribution is 7.11. The van der Waals surface area contributed by atoms with Gasteiger partial charge in [-0.05, 0) is 12.8 Å². The molecule has 0 atom stereocenters. The Morgan fingerprint density at radius 1 is 1.38 bits per heavy atom. The van der Waals surface area contributed by atoms with Crippen molar-refractivity contribution in [2.75, 3.05) is 0 Å². The molecular weight excluding hydrogens is 178 g/mol. The fraction of sp³-hybridized carbons (Fsp3) is 0.727. The Bertz CT molecular complexity index is 257. The minimum Gasteiger partial charge on any atom is -0.249 e. The Labute approximate surface area is 85.2 Å². The third-order valence-corrected chi connectivity index (χ3v) is 3.45. The van der Waals surface area contributed by atoms with E-state index in [1.165, 1.54) is 29.1 Å². The largest absolute Gasteiger partial charge is 0.249 e. The second kappa shape index (κ2) is 4.23. The molecule has 0 aromatic carbocycles. The Hall–Kier alpha value is -0.370. The van der Waals surface area contributed by atoms with Gasteiger partial charge in [-0.3, -0.25) is 0 Å². The summed E-state index contributed by atoms with van der Waals surface area (Å²) in [6.45, 7) is 8.88. The first-order valence-corrected chi connectivity index (χ1v) is 5.81. The maximum absolute atomic E-state index is 4.46. The average molecular weight is 197 g/mol. The first-order chi connectivity index (χ1) is 6.04. The molecule has 0 aliphatic rings. The van der Waals surface area contributed by atoms with E-state index in [0.717, 1.165) is 0 Å². The summed E-state index contributed by atoms with van der Waals surface area (Å²) in [7, 11) is 0. The predicted molar refractivity (Wildman–Crippen MR) is 59.4 cm³/mol. The molecule has 1 heterocycles. The quantitative estimate of drug-likeness (QED) is 0.718. The fourth-order valence-corrected chi connectivity index (χ4v) is 2.13. The number of nitrogens with zero attached hydrogens (tertiary/aromatic N) is 1. The van der Waals surface area contributed by atoms with Crippen molar-refractivity contribution in [1.82, 2.24) is 4.98 Å². The van der Waals surface area contributed by atoms with E-state index < -0.39 is 0 Å². The average Bonchev–Trinajstić information content (AvgIpc) is 2.47. The van der Waals surface area contributed by atoms with Gasteiger partial charge in [-0.2, -0.15) is 0 Å². The lowest BCUT2D eigenvalue weighted by atomic mass is 9.98. The Balaban J connectivity index is 2.64. The van der Waals surface area contributed by atoms with Crippen molar-refractivity contribution in [3.8, 4) is 0 Å². The van der Waals surface area contributed by atoms with Crippen LogP contribution in [0.4, 0.5) is 0 Å². The van der Waals surface area contributed by atoms with Gasteiger partial charge in [0.15, 0.2) is 0 Å². The van der Waals surface area contributed by atoms with E-state index in [0.29, 0.717) is 0 Å². The van der Waals surface area contributed by atoms with E-state index in [2.05, 4.69) is 32.7 Å². The molecule has 0 radical (unpaired) electrons. The first-order valence-electron chi connectivity index (χ1n) is 4.99. The Morgan fingerprint density at radius 2 is 2.08 bits per heavy atom. The highest BCUT2D eigenvalue weighted by atomic mass is 32.1. The molecule has 1 rings (SSSR count). The third kappa shape index (κ3) is 3.11. The van der Waals surface area contributed by atoms with Crippen molar-refractivity contribution in [3.05, 3.63) is 16.1 Å². The van der Waals surface area contributed by atoms with Gasteiger partial charge in [0, 0.05) is 16.5 Å². The summed E-state index contributed by atoms with van der Waals surface area (Å²) >= 11 is 1.87. The number of rotatable bonds is 3. The van der Waals surface area contributed by atoms with Crippen molar-refractivity contribution in [3.63, 3.8) is 0 Å². The molecule has 0 fully saturated rings. The lowest BCUT2D eigenvalue weighted by Gasteiger charge is -2.13. The standard InChI is InChI=1S/C11H19NS/c1-5-6-7-9-8-12-10(13-9)11(2,3)4/h8H,5-7H2,1-4H3. The normalized spacial score (nSPS) is 12.0. The van der Waals surface area contributed by atoms with Gasteiger partial charge in [0.25, 0.3) is 0 Å². The van der Waals surface area contributed by atoms with Crippen LogP contribution in [0.3, 0.4) is 0 Å². The van der Waals surface area contributed by atoms with E-state index in [-0.39, 0.29) is 5.41 Å². The smallest absolute Gasteiger partial charge is 0.0981 e. The molecule has 0 saturated carbocycles. The molecule has 74 valence electrons. The van der Waals surface area contributed by atoms with Crippen LogP contribution in [0.25, 0.3) is 0 Å². The molecule has 2 heteroatoms. The van der Waals surface area contributed by atoms with Crippen LogP contribution in [-0.4, -0.2) is 4.98 Å². The molecule has 0 spiro atoms.